The van der Waals surface area contributed by atoms with Crippen molar-refractivity contribution >= 4 is 23.5 Å². The number of carbonyl (C=O) groups excluding carboxylic acids is 2. The van der Waals surface area contributed by atoms with Gasteiger partial charge in [-0.2, -0.15) is 0 Å². The molecule has 30 heavy (non-hydrogen) atoms. The number of pyridine rings is 1. The standard InChI is InChI=1S/C23H25N3O4/c1-13(2)12-23(22(29)30)18-17(19(25-23)15-9-6-7-11-24-15)20(27)26(21(18)28)16-10-5-4-8-14(16)3/h4-11,13,17-19,25H,12H2,1-3H3,(H,29,30). The van der Waals surface area contributed by atoms with E-state index in [1.807, 2.05) is 32.9 Å². The van der Waals surface area contributed by atoms with E-state index in [1.54, 1.807) is 36.5 Å². The predicted octanol–water partition coefficient (Wildman–Crippen LogP) is 2.71. The van der Waals surface area contributed by atoms with Crippen LogP contribution in [0.15, 0.2) is 48.7 Å². The fourth-order valence-electron chi connectivity index (χ4n) is 4.98. The van der Waals surface area contributed by atoms with Gasteiger partial charge in [-0.15, -0.1) is 0 Å². The largest absolute Gasteiger partial charge is 0.480 e. The molecule has 3 heterocycles. The van der Waals surface area contributed by atoms with E-state index in [1.165, 1.54) is 4.90 Å². The van der Waals surface area contributed by atoms with Gasteiger partial charge in [0.05, 0.1) is 29.3 Å². The molecule has 2 fully saturated rings. The Labute approximate surface area is 175 Å². The van der Waals surface area contributed by atoms with Gasteiger partial charge in [0.1, 0.15) is 5.54 Å². The van der Waals surface area contributed by atoms with E-state index in [0.717, 1.165) is 5.56 Å². The maximum absolute atomic E-state index is 13.6. The van der Waals surface area contributed by atoms with Gasteiger partial charge in [0, 0.05) is 6.20 Å². The molecule has 1 aromatic heterocycles. The van der Waals surface area contributed by atoms with Gasteiger partial charge in [0.25, 0.3) is 0 Å². The monoisotopic (exact) mass is 407 g/mol. The number of fused-ring (bicyclic) bond motifs is 1. The number of para-hydroxylation sites is 1. The Kier molecular flexibility index (Phi) is 4.94. The molecule has 0 bridgehead atoms. The topological polar surface area (TPSA) is 99.6 Å². The van der Waals surface area contributed by atoms with E-state index < -0.39 is 35.3 Å². The number of hydrogen-bond acceptors (Lipinski definition) is 5. The normalized spacial score (nSPS) is 28.3. The van der Waals surface area contributed by atoms with Crippen LogP contribution in [0.2, 0.25) is 0 Å². The third-order valence-electron chi connectivity index (χ3n) is 6.13. The molecule has 7 heteroatoms. The molecular formula is C23H25N3O4. The first kappa shape index (κ1) is 20.2. The van der Waals surface area contributed by atoms with Crippen molar-refractivity contribution in [2.45, 2.75) is 38.8 Å². The number of carbonyl (C=O) groups is 3. The fraction of sp³-hybridized carbons (Fsp3) is 0.391. The van der Waals surface area contributed by atoms with Gasteiger partial charge in [-0.3, -0.25) is 24.7 Å². The summed E-state index contributed by atoms with van der Waals surface area (Å²) >= 11 is 0. The van der Waals surface area contributed by atoms with E-state index in [-0.39, 0.29) is 18.2 Å². The van der Waals surface area contributed by atoms with Crippen molar-refractivity contribution in [1.29, 1.82) is 0 Å². The van der Waals surface area contributed by atoms with Crippen LogP contribution in [0.1, 0.15) is 37.6 Å². The second-order valence-corrected chi connectivity index (χ2v) is 8.55. The zero-order chi connectivity index (χ0) is 21.6. The Morgan fingerprint density at radius 3 is 2.47 bits per heavy atom. The smallest absolute Gasteiger partial charge is 0.324 e. The number of nitrogens with one attached hydrogen (secondary N) is 1. The molecule has 0 radical (unpaired) electrons. The Bertz CT molecular complexity index is 1010. The second kappa shape index (κ2) is 7.32. The van der Waals surface area contributed by atoms with E-state index in [0.29, 0.717) is 11.4 Å². The lowest BCUT2D eigenvalue weighted by atomic mass is 9.75. The van der Waals surface area contributed by atoms with Crippen LogP contribution < -0.4 is 10.2 Å². The quantitative estimate of drug-likeness (QED) is 0.740. The maximum Gasteiger partial charge on any atom is 0.324 e. The molecule has 156 valence electrons. The van der Waals surface area contributed by atoms with Gasteiger partial charge >= 0.3 is 5.97 Å². The summed E-state index contributed by atoms with van der Waals surface area (Å²) in [6, 6.07) is 11.8. The van der Waals surface area contributed by atoms with Crippen molar-refractivity contribution in [3.63, 3.8) is 0 Å². The lowest BCUT2D eigenvalue weighted by Crippen LogP contribution is -2.56. The molecule has 2 aromatic rings. The fourth-order valence-corrected chi connectivity index (χ4v) is 4.98. The molecule has 2 aliphatic heterocycles. The summed E-state index contributed by atoms with van der Waals surface area (Å²) in [6.07, 6.45) is 1.84. The first-order chi connectivity index (χ1) is 14.3. The van der Waals surface area contributed by atoms with Crippen LogP contribution in [-0.2, 0) is 14.4 Å². The van der Waals surface area contributed by atoms with Crippen LogP contribution in [0.4, 0.5) is 5.69 Å². The van der Waals surface area contributed by atoms with E-state index >= 15 is 0 Å². The second-order valence-electron chi connectivity index (χ2n) is 8.55. The molecule has 0 spiro atoms. The highest BCUT2D eigenvalue weighted by molar-refractivity contribution is 6.24. The van der Waals surface area contributed by atoms with Crippen molar-refractivity contribution in [1.82, 2.24) is 10.3 Å². The summed E-state index contributed by atoms with van der Waals surface area (Å²) < 4.78 is 0. The molecule has 7 nitrogen and oxygen atoms in total. The zero-order valence-corrected chi connectivity index (χ0v) is 17.2. The molecule has 4 rings (SSSR count). The first-order valence-electron chi connectivity index (χ1n) is 10.1. The number of benzene rings is 1. The Balaban J connectivity index is 1.88. The van der Waals surface area contributed by atoms with Crippen molar-refractivity contribution in [3.8, 4) is 0 Å². The minimum Gasteiger partial charge on any atom is -0.480 e. The van der Waals surface area contributed by atoms with Crippen molar-refractivity contribution in [2.75, 3.05) is 4.90 Å². The summed E-state index contributed by atoms with van der Waals surface area (Å²) in [5.41, 5.74) is 0.314. The van der Waals surface area contributed by atoms with Crippen molar-refractivity contribution < 1.29 is 19.5 Å². The van der Waals surface area contributed by atoms with Gasteiger partial charge < -0.3 is 5.11 Å². The van der Waals surface area contributed by atoms with Crippen LogP contribution in [0, 0.1) is 24.7 Å². The molecule has 2 aliphatic rings. The van der Waals surface area contributed by atoms with E-state index in [9.17, 15) is 19.5 Å². The third-order valence-corrected chi connectivity index (χ3v) is 6.13. The molecule has 4 atom stereocenters. The highest BCUT2D eigenvalue weighted by Crippen LogP contribution is 2.51. The predicted molar refractivity (Wildman–Crippen MR) is 111 cm³/mol. The summed E-state index contributed by atoms with van der Waals surface area (Å²) in [4.78, 5) is 45.3. The number of aliphatic carboxylic acids is 1. The number of hydrogen-bond donors (Lipinski definition) is 2. The number of amides is 2. The number of aromatic nitrogens is 1. The molecule has 0 aliphatic carbocycles. The highest BCUT2D eigenvalue weighted by atomic mass is 16.4. The number of nitrogens with zero attached hydrogens (tertiary/aromatic N) is 2. The number of carboxylic acids is 1. The summed E-state index contributed by atoms with van der Waals surface area (Å²) in [7, 11) is 0. The molecule has 2 amide bonds. The number of aryl methyl sites for hydroxylation is 1. The third kappa shape index (κ3) is 2.92. The van der Waals surface area contributed by atoms with Gasteiger partial charge in [-0.05, 0) is 43.0 Å². The van der Waals surface area contributed by atoms with Crippen LogP contribution in [0.25, 0.3) is 0 Å². The van der Waals surface area contributed by atoms with Crippen molar-refractivity contribution in [3.05, 3.63) is 59.9 Å². The van der Waals surface area contributed by atoms with E-state index in [4.69, 9.17) is 0 Å². The van der Waals surface area contributed by atoms with Gasteiger partial charge in [0.15, 0.2) is 0 Å². The number of carboxylic acid groups (broad SMARTS) is 1. The Morgan fingerprint density at radius 1 is 1.17 bits per heavy atom. The molecule has 1 aromatic carbocycles. The van der Waals surface area contributed by atoms with Crippen LogP contribution >= 0.6 is 0 Å². The minimum atomic E-state index is -1.54. The molecular weight excluding hydrogens is 382 g/mol. The van der Waals surface area contributed by atoms with Gasteiger partial charge in [-0.25, -0.2) is 4.90 Å². The molecule has 2 saturated heterocycles. The molecule has 2 N–H and O–H groups in total. The summed E-state index contributed by atoms with van der Waals surface area (Å²) in [5, 5.41) is 13.4. The Morgan fingerprint density at radius 2 is 1.87 bits per heavy atom. The average molecular weight is 407 g/mol. The van der Waals surface area contributed by atoms with E-state index in [2.05, 4.69) is 10.3 Å². The number of rotatable bonds is 5. The molecule has 0 saturated carbocycles. The zero-order valence-electron chi connectivity index (χ0n) is 17.2. The lowest BCUT2D eigenvalue weighted by molar-refractivity contribution is -0.149. The van der Waals surface area contributed by atoms with Crippen molar-refractivity contribution in [2.24, 2.45) is 17.8 Å². The number of anilines is 1. The lowest BCUT2D eigenvalue weighted by Gasteiger charge is -2.32. The van der Waals surface area contributed by atoms with Crippen LogP contribution in [-0.4, -0.2) is 33.4 Å². The molecule has 4 unspecified atom stereocenters. The van der Waals surface area contributed by atoms with Crippen LogP contribution in [0.3, 0.4) is 0 Å². The summed E-state index contributed by atoms with van der Waals surface area (Å²) in [5.74, 6) is -3.79. The van der Waals surface area contributed by atoms with Gasteiger partial charge in [0.2, 0.25) is 11.8 Å². The maximum atomic E-state index is 13.6. The number of imide groups is 1. The highest BCUT2D eigenvalue weighted by Gasteiger charge is 2.69. The first-order valence-corrected chi connectivity index (χ1v) is 10.1. The SMILES string of the molecule is Cc1ccccc1N1C(=O)C2C(c3ccccn3)NC(CC(C)C)(C(=O)O)C2C1=O. The minimum absolute atomic E-state index is 0.00662. The van der Waals surface area contributed by atoms with Gasteiger partial charge in [-0.1, -0.05) is 38.1 Å². The Hall–Kier alpha value is -3.06. The average Bonchev–Trinajstić information content (AvgIpc) is 3.18. The summed E-state index contributed by atoms with van der Waals surface area (Å²) in [6.45, 7) is 5.66. The van der Waals surface area contributed by atoms with Crippen LogP contribution in [0.5, 0.6) is 0 Å².